The summed E-state index contributed by atoms with van der Waals surface area (Å²) in [5.74, 6) is 0.293. The van der Waals surface area contributed by atoms with Crippen molar-refractivity contribution in [2.24, 2.45) is 0 Å². The number of H-pyrrole nitrogens is 1. The molecule has 7 nitrogen and oxygen atoms in total. The molecule has 2 aromatic carbocycles. The molecule has 0 saturated carbocycles. The summed E-state index contributed by atoms with van der Waals surface area (Å²) >= 11 is 0. The fourth-order valence-corrected chi connectivity index (χ4v) is 4.86. The summed E-state index contributed by atoms with van der Waals surface area (Å²) in [6.07, 6.45) is 1.47. The minimum Gasteiger partial charge on any atom is -0.468 e. The van der Waals surface area contributed by atoms with Gasteiger partial charge in [-0.1, -0.05) is 24.3 Å². The number of pyridine rings is 1. The molecule has 0 aliphatic heterocycles. The smallest absolute Gasteiger partial charge is 0.252 e. The van der Waals surface area contributed by atoms with Crippen molar-refractivity contribution in [3.8, 4) is 0 Å². The van der Waals surface area contributed by atoms with E-state index in [9.17, 15) is 18.0 Å². The molecule has 2 heterocycles. The molecule has 4 aromatic rings. The molecule has 0 fully saturated rings. The number of rotatable bonds is 7. The van der Waals surface area contributed by atoms with Gasteiger partial charge in [0.1, 0.15) is 5.76 Å². The number of sulfonamides is 1. The summed E-state index contributed by atoms with van der Waals surface area (Å²) < 4.78 is 33.5. The van der Waals surface area contributed by atoms with Gasteiger partial charge in [0.05, 0.1) is 17.7 Å². The molecule has 1 N–H and O–H groups in total. The number of ketones is 1. The van der Waals surface area contributed by atoms with Crippen LogP contribution in [0.25, 0.3) is 10.9 Å². The SMILES string of the molecule is CC(=O)c1ccc(S(=O)(=O)N(Cc2ccco2)Cc2cc3ccc(C)cc3[nH]c2=O)cc1. The van der Waals surface area contributed by atoms with Crippen LogP contribution in [0.2, 0.25) is 0 Å². The van der Waals surface area contributed by atoms with Crippen LogP contribution < -0.4 is 5.56 Å². The number of hydrogen-bond acceptors (Lipinski definition) is 5. The molecule has 8 heteroatoms. The Kier molecular flexibility index (Phi) is 5.82. The molecule has 0 saturated heterocycles. The van der Waals surface area contributed by atoms with Crippen molar-refractivity contribution in [2.45, 2.75) is 31.8 Å². The summed E-state index contributed by atoms with van der Waals surface area (Å²) in [5.41, 5.74) is 2.09. The molecular weight excluding hydrogens is 428 g/mol. The minimum absolute atomic E-state index is 0.0295. The quantitative estimate of drug-likeness (QED) is 0.429. The van der Waals surface area contributed by atoms with Crippen molar-refractivity contribution in [3.63, 3.8) is 0 Å². The van der Waals surface area contributed by atoms with Gasteiger partial charge in [-0.05, 0) is 61.2 Å². The summed E-state index contributed by atoms with van der Waals surface area (Å²) in [4.78, 5) is 27.1. The Labute approximate surface area is 185 Å². The second kappa shape index (κ2) is 8.57. The van der Waals surface area contributed by atoms with E-state index in [0.717, 1.165) is 10.9 Å². The average molecular weight is 451 g/mol. The molecule has 0 amide bonds. The maximum absolute atomic E-state index is 13.5. The number of nitrogens with one attached hydrogen (secondary N) is 1. The lowest BCUT2D eigenvalue weighted by Gasteiger charge is -2.21. The number of carbonyl (C=O) groups excluding carboxylic acids is 1. The molecule has 0 aliphatic carbocycles. The summed E-state index contributed by atoms with van der Waals surface area (Å²) in [6, 6.07) is 16.5. The lowest BCUT2D eigenvalue weighted by Crippen LogP contribution is -2.32. The topological polar surface area (TPSA) is 100 Å². The highest BCUT2D eigenvalue weighted by Crippen LogP contribution is 2.22. The van der Waals surface area contributed by atoms with Crippen LogP contribution in [-0.4, -0.2) is 23.5 Å². The minimum atomic E-state index is -3.99. The van der Waals surface area contributed by atoms with Crippen LogP contribution in [0.4, 0.5) is 0 Å². The number of nitrogens with zero attached hydrogens (tertiary/aromatic N) is 1. The van der Waals surface area contributed by atoms with Gasteiger partial charge >= 0.3 is 0 Å². The third-order valence-electron chi connectivity index (χ3n) is 5.24. The maximum atomic E-state index is 13.5. The molecule has 2 aromatic heterocycles. The van der Waals surface area contributed by atoms with Gasteiger partial charge in [-0.25, -0.2) is 8.42 Å². The van der Waals surface area contributed by atoms with Crippen molar-refractivity contribution in [1.82, 2.24) is 9.29 Å². The number of furan rings is 1. The van der Waals surface area contributed by atoms with Gasteiger partial charge in [-0.3, -0.25) is 9.59 Å². The van der Waals surface area contributed by atoms with Gasteiger partial charge < -0.3 is 9.40 Å². The highest BCUT2D eigenvalue weighted by molar-refractivity contribution is 7.89. The van der Waals surface area contributed by atoms with Crippen molar-refractivity contribution in [2.75, 3.05) is 0 Å². The Morgan fingerprint density at radius 2 is 1.78 bits per heavy atom. The van der Waals surface area contributed by atoms with E-state index in [1.807, 2.05) is 25.1 Å². The Morgan fingerprint density at radius 3 is 2.44 bits per heavy atom. The Morgan fingerprint density at radius 1 is 1.03 bits per heavy atom. The Hall–Kier alpha value is -3.49. The maximum Gasteiger partial charge on any atom is 0.252 e. The second-order valence-corrected chi connectivity index (χ2v) is 9.59. The van der Waals surface area contributed by atoms with Crippen LogP contribution in [0.15, 0.2) is 81.0 Å². The van der Waals surface area contributed by atoms with E-state index in [2.05, 4.69) is 4.98 Å². The van der Waals surface area contributed by atoms with Crippen molar-refractivity contribution >= 4 is 26.7 Å². The first-order valence-corrected chi connectivity index (χ1v) is 11.4. The number of aromatic amines is 1. The van der Waals surface area contributed by atoms with Crippen LogP contribution >= 0.6 is 0 Å². The van der Waals surface area contributed by atoms with Crippen molar-refractivity contribution in [3.05, 3.63) is 99.7 Å². The molecule has 4 rings (SSSR count). The zero-order chi connectivity index (χ0) is 22.9. The molecule has 0 unspecified atom stereocenters. The molecule has 0 radical (unpaired) electrons. The van der Waals surface area contributed by atoms with Crippen molar-refractivity contribution < 1.29 is 17.6 Å². The van der Waals surface area contributed by atoms with Crippen LogP contribution in [0.1, 0.15) is 34.2 Å². The third-order valence-corrected chi connectivity index (χ3v) is 7.04. The fraction of sp³-hybridized carbons (Fsp3) is 0.167. The molecule has 164 valence electrons. The number of carbonyl (C=O) groups is 1. The largest absolute Gasteiger partial charge is 0.468 e. The normalized spacial score (nSPS) is 11.8. The molecule has 32 heavy (non-hydrogen) atoms. The van der Waals surface area contributed by atoms with Gasteiger partial charge in [0.2, 0.25) is 10.0 Å². The Balaban J connectivity index is 1.75. The number of aryl methyl sites for hydroxylation is 1. The van der Waals surface area contributed by atoms with Crippen molar-refractivity contribution in [1.29, 1.82) is 0 Å². The summed E-state index contributed by atoms with van der Waals surface area (Å²) in [6.45, 7) is 3.16. The second-order valence-electron chi connectivity index (χ2n) is 7.65. The predicted molar refractivity (Wildman–Crippen MR) is 121 cm³/mol. The number of Topliss-reactive ketones (excluding diaryl/α,β-unsaturated/α-hetero) is 1. The highest BCUT2D eigenvalue weighted by atomic mass is 32.2. The highest BCUT2D eigenvalue weighted by Gasteiger charge is 2.27. The van der Waals surface area contributed by atoms with Gasteiger partial charge in [-0.2, -0.15) is 4.31 Å². The lowest BCUT2D eigenvalue weighted by molar-refractivity contribution is 0.101. The van der Waals surface area contributed by atoms with Crippen LogP contribution in [0.3, 0.4) is 0 Å². The third kappa shape index (κ3) is 4.42. The lowest BCUT2D eigenvalue weighted by atomic mass is 10.1. The molecule has 0 atom stereocenters. The zero-order valence-corrected chi connectivity index (χ0v) is 18.5. The van der Waals surface area contributed by atoms with E-state index < -0.39 is 10.0 Å². The van der Waals surface area contributed by atoms with Gasteiger partial charge in [0.15, 0.2) is 5.78 Å². The van der Waals surface area contributed by atoms with E-state index in [-0.39, 0.29) is 29.3 Å². The number of fused-ring (bicyclic) bond motifs is 1. The summed E-state index contributed by atoms with van der Waals surface area (Å²) in [5, 5.41) is 0.811. The van der Waals surface area contributed by atoms with E-state index in [1.165, 1.54) is 41.8 Å². The molecule has 0 aliphatic rings. The first-order chi connectivity index (χ1) is 15.2. The number of aromatic nitrogens is 1. The van der Waals surface area contributed by atoms with Crippen LogP contribution in [-0.2, 0) is 23.1 Å². The Bertz CT molecular complexity index is 1440. The predicted octanol–water partition coefficient (Wildman–Crippen LogP) is 4.02. The van der Waals surface area contributed by atoms with Gasteiger partial charge in [0, 0.05) is 23.2 Å². The van der Waals surface area contributed by atoms with E-state index in [0.29, 0.717) is 22.4 Å². The first-order valence-electron chi connectivity index (χ1n) is 10.00. The van der Waals surface area contributed by atoms with Crippen LogP contribution in [0, 0.1) is 6.92 Å². The molecule has 0 spiro atoms. The average Bonchev–Trinajstić information content (AvgIpc) is 3.27. The standard InChI is InChI=1S/C24H22N2O5S/c1-16-5-6-19-13-20(24(28)25-23(19)12-16)14-26(15-21-4-3-11-31-21)32(29,30)22-9-7-18(8-10-22)17(2)27/h3-13H,14-15H2,1-2H3,(H,25,28). The van der Waals surface area contributed by atoms with Crippen LogP contribution in [0.5, 0.6) is 0 Å². The van der Waals surface area contributed by atoms with E-state index >= 15 is 0 Å². The van der Waals surface area contributed by atoms with Gasteiger partial charge in [0.25, 0.3) is 5.56 Å². The van der Waals surface area contributed by atoms with Gasteiger partial charge in [-0.15, -0.1) is 0 Å². The number of benzene rings is 2. The fourth-order valence-electron chi connectivity index (χ4n) is 3.48. The van der Waals surface area contributed by atoms with E-state index in [1.54, 1.807) is 18.2 Å². The monoisotopic (exact) mass is 450 g/mol. The first kappa shape index (κ1) is 21.7. The van der Waals surface area contributed by atoms with E-state index in [4.69, 9.17) is 4.42 Å². The zero-order valence-electron chi connectivity index (χ0n) is 17.7. The summed E-state index contributed by atoms with van der Waals surface area (Å²) in [7, 11) is -3.99. The number of hydrogen-bond donors (Lipinski definition) is 1. The molecular formula is C24H22N2O5S. The molecule has 0 bridgehead atoms.